The van der Waals surface area contributed by atoms with Crippen LogP contribution in [0.5, 0.6) is 11.5 Å². The second-order valence-electron chi connectivity index (χ2n) is 6.27. The molecule has 136 valence electrons. The van der Waals surface area contributed by atoms with Crippen LogP contribution in [0.2, 0.25) is 0 Å². The topological polar surface area (TPSA) is 70.1 Å². The Bertz CT molecular complexity index is 781. The van der Waals surface area contributed by atoms with Gasteiger partial charge >= 0.3 is 0 Å². The lowest BCUT2D eigenvalue weighted by atomic mass is 10.1. The summed E-state index contributed by atoms with van der Waals surface area (Å²) < 4.78 is 5.45. The van der Waals surface area contributed by atoms with Gasteiger partial charge in [0.15, 0.2) is 6.61 Å². The van der Waals surface area contributed by atoms with Crippen LogP contribution in [0.15, 0.2) is 48.5 Å². The highest BCUT2D eigenvalue weighted by atomic mass is 16.5. The van der Waals surface area contributed by atoms with E-state index < -0.39 is 0 Å². The molecule has 0 unspecified atom stereocenters. The van der Waals surface area contributed by atoms with E-state index in [1.807, 2.05) is 31.2 Å². The van der Waals surface area contributed by atoms with E-state index >= 15 is 0 Å². The molecular formula is C20H22N2O4. The summed E-state index contributed by atoms with van der Waals surface area (Å²) in [6.45, 7) is 3.88. The first kappa shape index (κ1) is 17.8. The van der Waals surface area contributed by atoms with Gasteiger partial charge in [-0.3, -0.25) is 9.59 Å². The highest BCUT2D eigenvalue weighted by molar-refractivity contribution is 5.95. The van der Waals surface area contributed by atoms with Crippen molar-refractivity contribution in [3.63, 3.8) is 0 Å². The zero-order valence-corrected chi connectivity index (χ0v) is 14.7. The minimum atomic E-state index is -0.110. The highest BCUT2D eigenvalue weighted by Gasteiger charge is 2.25. The maximum atomic E-state index is 12.6. The Morgan fingerprint density at radius 2 is 1.58 bits per heavy atom. The van der Waals surface area contributed by atoms with Crippen LogP contribution < -0.4 is 4.74 Å². The van der Waals surface area contributed by atoms with Crippen LogP contribution in [0, 0.1) is 6.92 Å². The molecule has 1 saturated heterocycles. The van der Waals surface area contributed by atoms with E-state index in [4.69, 9.17) is 4.74 Å². The Hall–Kier alpha value is -3.02. The summed E-state index contributed by atoms with van der Waals surface area (Å²) >= 11 is 0. The lowest BCUT2D eigenvalue weighted by Gasteiger charge is -2.35. The summed E-state index contributed by atoms with van der Waals surface area (Å²) in [5, 5.41) is 9.24. The first-order valence-corrected chi connectivity index (χ1v) is 8.59. The van der Waals surface area contributed by atoms with Gasteiger partial charge in [-0.15, -0.1) is 0 Å². The zero-order valence-electron chi connectivity index (χ0n) is 14.7. The summed E-state index contributed by atoms with van der Waals surface area (Å²) in [7, 11) is 0. The van der Waals surface area contributed by atoms with Crippen LogP contribution in [0.25, 0.3) is 0 Å². The molecule has 0 bridgehead atoms. The molecule has 1 aliphatic heterocycles. The monoisotopic (exact) mass is 354 g/mol. The Morgan fingerprint density at radius 3 is 2.23 bits per heavy atom. The first-order chi connectivity index (χ1) is 12.5. The van der Waals surface area contributed by atoms with Gasteiger partial charge in [-0.2, -0.15) is 0 Å². The van der Waals surface area contributed by atoms with Gasteiger partial charge in [0.1, 0.15) is 11.5 Å². The van der Waals surface area contributed by atoms with Crippen LogP contribution in [-0.2, 0) is 4.79 Å². The number of phenolic OH excluding ortho intramolecular Hbond substituents is 1. The van der Waals surface area contributed by atoms with Gasteiger partial charge in [0, 0.05) is 31.7 Å². The Kier molecular flexibility index (Phi) is 5.41. The fraction of sp³-hybridized carbons (Fsp3) is 0.300. The smallest absolute Gasteiger partial charge is 0.260 e. The van der Waals surface area contributed by atoms with Crippen LogP contribution in [0.4, 0.5) is 0 Å². The van der Waals surface area contributed by atoms with E-state index in [-0.39, 0.29) is 24.2 Å². The number of ether oxygens (including phenoxy) is 1. The van der Waals surface area contributed by atoms with E-state index in [9.17, 15) is 14.7 Å². The number of aryl methyl sites for hydroxylation is 1. The SMILES string of the molecule is Cc1ccccc1C(=O)N1CCN(C(=O)COc2ccc(O)cc2)CC1. The number of benzene rings is 2. The van der Waals surface area contributed by atoms with Gasteiger partial charge in [0.05, 0.1) is 0 Å². The molecule has 0 atom stereocenters. The van der Waals surface area contributed by atoms with E-state index in [1.165, 1.54) is 12.1 Å². The minimum absolute atomic E-state index is 0.00976. The number of nitrogens with zero attached hydrogens (tertiary/aromatic N) is 2. The summed E-state index contributed by atoms with van der Waals surface area (Å²) in [5.41, 5.74) is 1.67. The first-order valence-electron chi connectivity index (χ1n) is 8.59. The molecule has 6 nitrogen and oxygen atoms in total. The average molecular weight is 354 g/mol. The molecule has 1 aliphatic rings. The number of rotatable bonds is 4. The number of piperazine rings is 1. The van der Waals surface area contributed by atoms with E-state index in [0.29, 0.717) is 37.5 Å². The van der Waals surface area contributed by atoms with E-state index in [1.54, 1.807) is 21.9 Å². The van der Waals surface area contributed by atoms with Crippen LogP contribution in [0.3, 0.4) is 0 Å². The third-order valence-electron chi connectivity index (χ3n) is 4.49. The molecule has 26 heavy (non-hydrogen) atoms. The van der Waals surface area contributed by atoms with Crippen LogP contribution in [0.1, 0.15) is 15.9 Å². The fourth-order valence-corrected chi connectivity index (χ4v) is 2.92. The molecule has 0 saturated carbocycles. The van der Waals surface area contributed by atoms with Crippen LogP contribution >= 0.6 is 0 Å². The lowest BCUT2D eigenvalue weighted by Crippen LogP contribution is -2.51. The second kappa shape index (κ2) is 7.91. The average Bonchev–Trinajstić information content (AvgIpc) is 2.67. The summed E-state index contributed by atoms with van der Waals surface area (Å²) in [6.07, 6.45) is 0. The number of hydrogen-bond donors (Lipinski definition) is 1. The molecule has 1 fully saturated rings. The van der Waals surface area contributed by atoms with Crippen molar-refractivity contribution in [1.29, 1.82) is 0 Å². The Balaban J connectivity index is 1.50. The maximum absolute atomic E-state index is 12.6. The minimum Gasteiger partial charge on any atom is -0.508 e. The van der Waals surface area contributed by atoms with Crippen molar-refractivity contribution in [3.8, 4) is 11.5 Å². The molecule has 1 N–H and O–H groups in total. The van der Waals surface area contributed by atoms with Crippen molar-refractivity contribution in [3.05, 3.63) is 59.7 Å². The molecule has 0 radical (unpaired) electrons. The van der Waals surface area contributed by atoms with E-state index in [0.717, 1.165) is 5.56 Å². The number of amides is 2. The third kappa shape index (κ3) is 4.14. The van der Waals surface area contributed by atoms with Crippen molar-refractivity contribution >= 4 is 11.8 Å². The Morgan fingerprint density at radius 1 is 0.962 bits per heavy atom. The predicted octanol–water partition coefficient (Wildman–Crippen LogP) is 2.06. The molecule has 2 aromatic rings. The highest BCUT2D eigenvalue weighted by Crippen LogP contribution is 2.16. The third-order valence-corrected chi connectivity index (χ3v) is 4.49. The lowest BCUT2D eigenvalue weighted by molar-refractivity contribution is -0.134. The molecule has 0 aliphatic carbocycles. The zero-order chi connectivity index (χ0) is 18.5. The number of carbonyl (C=O) groups excluding carboxylic acids is 2. The summed E-state index contributed by atoms with van der Waals surface area (Å²) in [5.74, 6) is 0.583. The normalized spacial score (nSPS) is 14.2. The number of aromatic hydroxyl groups is 1. The number of carbonyl (C=O) groups is 2. The Labute approximate surface area is 152 Å². The molecule has 2 amide bonds. The van der Waals surface area contributed by atoms with Gasteiger partial charge in [-0.05, 0) is 42.8 Å². The molecule has 0 aromatic heterocycles. The molecular weight excluding hydrogens is 332 g/mol. The molecule has 2 aromatic carbocycles. The molecule has 6 heteroatoms. The maximum Gasteiger partial charge on any atom is 0.260 e. The van der Waals surface area contributed by atoms with Crippen molar-refractivity contribution < 1.29 is 19.4 Å². The predicted molar refractivity (Wildman–Crippen MR) is 97.3 cm³/mol. The molecule has 1 heterocycles. The fourth-order valence-electron chi connectivity index (χ4n) is 2.92. The van der Waals surface area contributed by atoms with Crippen LogP contribution in [-0.4, -0.2) is 59.5 Å². The largest absolute Gasteiger partial charge is 0.508 e. The van der Waals surface area contributed by atoms with Gasteiger partial charge in [-0.1, -0.05) is 18.2 Å². The summed E-state index contributed by atoms with van der Waals surface area (Å²) in [6, 6.07) is 13.8. The van der Waals surface area contributed by atoms with Crippen molar-refractivity contribution in [2.75, 3.05) is 32.8 Å². The van der Waals surface area contributed by atoms with Gasteiger partial charge < -0.3 is 19.6 Å². The second-order valence-corrected chi connectivity index (χ2v) is 6.27. The van der Waals surface area contributed by atoms with Gasteiger partial charge in [0.2, 0.25) is 0 Å². The van der Waals surface area contributed by atoms with Crippen molar-refractivity contribution in [1.82, 2.24) is 9.80 Å². The molecule has 0 spiro atoms. The van der Waals surface area contributed by atoms with Gasteiger partial charge in [-0.25, -0.2) is 0 Å². The van der Waals surface area contributed by atoms with E-state index in [2.05, 4.69) is 0 Å². The molecule has 3 rings (SSSR count). The van der Waals surface area contributed by atoms with Crippen molar-refractivity contribution in [2.45, 2.75) is 6.92 Å². The summed E-state index contributed by atoms with van der Waals surface area (Å²) in [4.78, 5) is 28.4. The van der Waals surface area contributed by atoms with Gasteiger partial charge in [0.25, 0.3) is 11.8 Å². The quantitative estimate of drug-likeness (QED) is 0.912. The number of phenols is 1. The number of hydrogen-bond acceptors (Lipinski definition) is 4. The standard InChI is InChI=1S/C20H22N2O4/c1-15-4-2-3-5-18(15)20(25)22-12-10-21(11-13-22)19(24)14-26-17-8-6-16(23)7-9-17/h2-9,23H,10-14H2,1H3. The van der Waals surface area contributed by atoms with Crippen molar-refractivity contribution in [2.24, 2.45) is 0 Å².